The highest BCUT2D eigenvalue weighted by Crippen LogP contribution is 2.14. The molecule has 1 aromatic heterocycles. The van der Waals surface area contributed by atoms with Gasteiger partial charge in [-0.05, 0) is 42.2 Å². The highest BCUT2D eigenvalue weighted by atomic mass is 32.2. The molecule has 3 aromatic rings. The van der Waals surface area contributed by atoms with E-state index in [1.54, 1.807) is 12.1 Å². The topological polar surface area (TPSA) is 153 Å². The molecule has 3 N–H and O–H groups in total. The first-order chi connectivity index (χ1) is 18.8. The van der Waals surface area contributed by atoms with Gasteiger partial charge in [-0.2, -0.15) is 0 Å². The molecule has 0 saturated carbocycles. The molecule has 0 aliphatic heterocycles. The summed E-state index contributed by atoms with van der Waals surface area (Å²) in [6, 6.07) is 18.4. The lowest BCUT2D eigenvalue weighted by molar-refractivity contribution is -0.121. The molecular formula is C27H30N4O7S. The number of aromatic nitrogens is 1. The minimum Gasteiger partial charge on any atom is -0.391 e. The van der Waals surface area contributed by atoms with Crippen LogP contribution in [-0.2, 0) is 32.4 Å². The predicted octanol–water partition coefficient (Wildman–Crippen LogP) is 2.23. The first-order valence-electron chi connectivity index (χ1n) is 12.1. The molecule has 206 valence electrons. The third-order valence-electron chi connectivity index (χ3n) is 5.43. The Bertz CT molecular complexity index is 1360. The van der Waals surface area contributed by atoms with Gasteiger partial charge in [0.2, 0.25) is 11.8 Å². The Hall–Kier alpha value is -4.29. The van der Waals surface area contributed by atoms with Crippen molar-refractivity contribution in [3.05, 3.63) is 89.6 Å². The van der Waals surface area contributed by atoms with Gasteiger partial charge in [-0.1, -0.05) is 42.5 Å². The maximum Gasteiger partial charge on any atom is 0.414 e. The number of carbonyl (C=O) groups excluding carboxylic acids is 3. The van der Waals surface area contributed by atoms with E-state index in [1.165, 1.54) is 31.4 Å². The van der Waals surface area contributed by atoms with Crippen LogP contribution in [0.2, 0.25) is 0 Å². The normalized spacial score (nSPS) is 10.9. The molecule has 0 spiro atoms. The molecule has 39 heavy (non-hydrogen) atoms. The van der Waals surface area contributed by atoms with Gasteiger partial charge < -0.3 is 20.1 Å². The molecule has 1 heterocycles. The SMILES string of the molecule is COCCNC(=O)Oc1ccc(C(=O)NS(=O)(=O)c2cccc(CCNC(=O)CCc3ccccc3)c2)cn1. The average Bonchev–Trinajstić information content (AvgIpc) is 2.93. The first-order valence-corrected chi connectivity index (χ1v) is 13.6. The van der Waals surface area contributed by atoms with Crippen molar-refractivity contribution >= 4 is 27.9 Å². The third kappa shape index (κ3) is 9.83. The smallest absolute Gasteiger partial charge is 0.391 e. The maximum atomic E-state index is 12.8. The van der Waals surface area contributed by atoms with Crippen molar-refractivity contribution in [2.75, 3.05) is 26.8 Å². The van der Waals surface area contributed by atoms with E-state index < -0.39 is 22.0 Å². The van der Waals surface area contributed by atoms with Gasteiger partial charge in [0.15, 0.2) is 0 Å². The quantitative estimate of drug-likeness (QED) is 0.272. The number of sulfonamides is 1. The van der Waals surface area contributed by atoms with Crippen LogP contribution in [0.5, 0.6) is 5.88 Å². The van der Waals surface area contributed by atoms with Gasteiger partial charge in [-0.15, -0.1) is 0 Å². The number of aryl methyl sites for hydroxylation is 1. The van der Waals surface area contributed by atoms with Crippen molar-refractivity contribution < 1.29 is 32.3 Å². The van der Waals surface area contributed by atoms with Crippen molar-refractivity contribution in [2.45, 2.75) is 24.2 Å². The Labute approximate surface area is 227 Å². The predicted molar refractivity (Wildman–Crippen MR) is 143 cm³/mol. The van der Waals surface area contributed by atoms with Crippen LogP contribution >= 0.6 is 0 Å². The Morgan fingerprint density at radius 1 is 0.872 bits per heavy atom. The second-order valence-corrected chi connectivity index (χ2v) is 10.0. The number of methoxy groups -OCH3 is 1. The van der Waals surface area contributed by atoms with Crippen molar-refractivity contribution in [3.63, 3.8) is 0 Å². The van der Waals surface area contributed by atoms with Crippen LogP contribution in [0, 0.1) is 0 Å². The number of benzene rings is 2. The molecule has 0 aliphatic rings. The van der Waals surface area contributed by atoms with E-state index in [9.17, 15) is 22.8 Å². The zero-order chi connectivity index (χ0) is 28.1. The number of ether oxygens (including phenoxy) is 2. The number of nitrogens with one attached hydrogen (secondary N) is 3. The largest absolute Gasteiger partial charge is 0.414 e. The van der Waals surface area contributed by atoms with Crippen LogP contribution in [0.15, 0.2) is 77.8 Å². The van der Waals surface area contributed by atoms with Gasteiger partial charge in [0, 0.05) is 38.9 Å². The number of hydrogen-bond donors (Lipinski definition) is 3. The summed E-state index contributed by atoms with van der Waals surface area (Å²) in [7, 11) is -2.68. The summed E-state index contributed by atoms with van der Waals surface area (Å²) in [5, 5.41) is 5.28. The molecule has 0 bridgehead atoms. The molecule has 12 heteroatoms. The summed E-state index contributed by atoms with van der Waals surface area (Å²) < 4.78 is 37.4. The van der Waals surface area contributed by atoms with Crippen molar-refractivity contribution in [3.8, 4) is 5.88 Å². The molecule has 0 atom stereocenters. The van der Waals surface area contributed by atoms with Gasteiger partial charge >= 0.3 is 6.09 Å². The number of nitrogens with zero attached hydrogens (tertiary/aromatic N) is 1. The lowest BCUT2D eigenvalue weighted by Crippen LogP contribution is -2.31. The molecule has 0 fully saturated rings. The zero-order valence-electron chi connectivity index (χ0n) is 21.4. The molecule has 0 saturated heterocycles. The Morgan fingerprint density at radius 3 is 2.36 bits per heavy atom. The van der Waals surface area contributed by atoms with Gasteiger partial charge in [0.1, 0.15) is 0 Å². The Morgan fingerprint density at radius 2 is 1.64 bits per heavy atom. The molecule has 0 unspecified atom stereocenters. The molecule has 0 radical (unpaired) electrons. The van der Waals surface area contributed by atoms with Crippen molar-refractivity contribution in [1.29, 1.82) is 0 Å². The van der Waals surface area contributed by atoms with Crippen LogP contribution in [-0.4, -0.2) is 58.1 Å². The zero-order valence-corrected chi connectivity index (χ0v) is 22.2. The number of pyridine rings is 1. The molecule has 3 amide bonds. The second kappa shape index (κ2) is 14.6. The van der Waals surface area contributed by atoms with E-state index in [2.05, 4.69) is 15.6 Å². The number of rotatable bonds is 13. The third-order valence-corrected chi connectivity index (χ3v) is 6.76. The molecule has 2 aromatic carbocycles. The van der Waals surface area contributed by atoms with Gasteiger partial charge in [-0.25, -0.2) is 22.9 Å². The van der Waals surface area contributed by atoms with Crippen molar-refractivity contribution in [1.82, 2.24) is 20.3 Å². The Balaban J connectivity index is 1.49. The first kappa shape index (κ1) is 29.3. The fraction of sp³-hybridized carbons (Fsp3) is 0.259. The van der Waals surface area contributed by atoms with Crippen LogP contribution < -0.4 is 20.1 Å². The summed E-state index contributed by atoms with van der Waals surface area (Å²) in [5.41, 5.74) is 1.72. The summed E-state index contributed by atoms with van der Waals surface area (Å²) in [4.78, 5) is 40.1. The van der Waals surface area contributed by atoms with Crippen molar-refractivity contribution in [2.24, 2.45) is 0 Å². The molecular weight excluding hydrogens is 524 g/mol. The molecule has 11 nitrogen and oxygen atoms in total. The average molecular weight is 555 g/mol. The Kier molecular flexibility index (Phi) is 11.0. The number of hydrogen-bond acceptors (Lipinski definition) is 8. The fourth-order valence-electron chi connectivity index (χ4n) is 3.41. The molecule has 0 aliphatic carbocycles. The highest BCUT2D eigenvalue weighted by molar-refractivity contribution is 7.90. The lowest BCUT2D eigenvalue weighted by atomic mass is 10.1. The van der Waals surface area contributed by atoms with E-state index in [1.807, 2.05) is 35.1 Å². The van der Waals surface area contributed by atoms with E-state index in [-0.39, 0.29) is 28.8 Å². The highest BCUT2D eigenvalue weighted by Gasteiger charge is 2.20. The van der Waals surface area contributed by atoms with Gasteiger partial charge in [0.25, 0.3) is 15.9 Å². The van der Waals surface area contributed by atoms with E-state index >= 15 is 0 Å². The lowest BCUT2D eigenvalue weighted by Gasteiger charge is -2.10. The summed E-state index contributed by atoms with van der Waals surface area (Å²) in [5.74, 6) is -1.05. The van der Waals surface area contributed by atoms with Crippen LogP contribution in [0.1, 0.15) is 27.9 Å². The minimum absolute atomic E-state index is 0.0416. The number of carbonyl (C=O) groups is 3. The fourth-order valence-corrected chi connectivity index (χ4v) is 4.45. The number of amides is 3. The van der Waals surface area contributed by atoms with E-state index in [0.717, 1.165) is 11.8 Å². The summed E-state index contributed by atoms with van der Waals surface area (Å²) in [6.45, 7) is 0.900. The van der Waals surface area contributed by atoms with E-state index in [0.29, 0.717) is 38.0 Å². The second-order valence-electron chi connectivity index (χ2n) is 8.36. The minimum atomic E-state index is -4.17. The molecule has 3 rings (SSSR count). The van der Waals surface area contributed by atoms with Gasteiger partial charge in [-0.3, -0.25) is 9.59 Å². The standard InChI is InChI=1S/C27H30N4O7S/c1-37-17-16-29-27(34)38-25-13-11-22(19-30-25)26(33)31-39(35,36)23-9-5-8-21(18-23)14-15-28-24(32)12-10-20-6-3-2-4-7-20/h2-9,11,13,18-19H,10,12,14-17H2,1H3,(H,28,32)(H,29,34)(H,31,33). The monoisotopic (exact) mass is 554 g/mol. The maximum absolute atomic E-state index is 12.8. The van der Waals surface area contributed by atoms with Gasteiger partial charge in [0.05, 0.1) is 17.1 Å². The van der Waals surface area contributed by atoms with E-state index in [4.69, 9.17) is 9.47 Å². The van der Waals surface area contributed by atoms with Crippen LogP contribution in [0.3, 0.4) is 0 Å². The van der Waals surface area contributed by atoms with Crippen LogP contribution in [0.4, 0.5) is 4.79 Å². The summed E-state index contributed by atoms with van der Waals surface area (Å²) in [6.07, 6.45) is 1.76. The summed E-state index contributed by atoms with van der Waals surface area (Å²) >= 11 is 0. The van der Waals surface area contributed by atoms with Crippen LogP contribution in [0.25, 0.3) is 0 Å².